The smallest absolute Gasteiger partial charge is 0.245 e. The van der Waals surface area contributed by atoms with Crippen LogP contribution in [-0.2, 0) is 20.8 Å². The number of amides is 3. The Bertz CT molecular complexity index is 860. The maximum absolute atomic E-state index is 11.8. The van der Waals surface area contributed by atoms with E-state index in [1.54, 1.807) is 0 Å². The van der Waals surface area contributed by atoms with Crippen LogP contribution in [0.1, 0.15) is 23.8 Å². The summed E-state index contributed by atoms with van der Waals surface area (Å²) in [6.45, 7) is 3.22. The quantitative estimate of drug-likeness (QED) is 0.779. The molecule has 0 radical (unpaired) electrons. The first kappa shape index (κ1) is 17.1. The van der Waals surface area contributed by atoms with Gasteiger partial charge in [-0.1, -0.05) is 6.07 Å². The number of thiazole rings is 1. The van der Waals surface area contributed by atoms with E-state index in [0.29, 0.717) is 18.0 Å². The van der Waals surface area contributed by atoms with Crippen molar-refractivity contribution < 1.29 is 14.4 Å². The molecule has 130 valence electrons. The van der Waals surface area contributed by atoms with Crippen LogP contribution in [0.4, 0.5) is 10.8 Å². The second-order valence-electron chi connectivity index (χ2n) is 5.80. The van der Waals surface area contributed by atoms with Gasteiger partial charge in [-0.2, -0.15) is 0 Å². The number of hydrogen-bond donors (Lipinski definition) is 3. The SMILES string of the molecule is CC(=O)NCC(=O)Nc1nc(-c2ccc3c(c2)CCC(=O)N3)c(C)s1. The standard InChI is InChI=1S/C17H18N4O3S/c1-9-16(21-17(25-9)20-15(24)8-18-10(2)22)12-3-5-13-11(7-12)4-6-14(23)19-13/h3,5,7H,4,6,8H2,1-2H3,(H,18,22)(H,19,23)(H,20,21,24). The third-order valence-electron chi connectivity index (χ3n) is 3.82. The molecular formula is C17H18N4O3S. The number of aromatic nitrogens is 1. The van der Waals surface area contributed by atoms with Crippen LogP contribution in [-0.4, -0.2) is 29.3 Å². The van der Waals surface area contributed by atoms with Gasteiger partial charge < -0.3 is 16.0 Å². The summed E-state index contributed by atoms with van der Waals surface area (Å²) in [7, 11) is 0. The molecule has 0 spiro atoms. The van der Waals surface area contributed by atoms with Gasteiger partial charge in [-0.25, -0.2) is 4.98 Å². The maximum atomic E-state index is 11.8. The molecule has 0 aliphatic carbocycles. The van der Waals surface area contributed by atoms with E-state index < -0.39 is 0 Å². The molecule has 2 aromatic rings. The van der Waals surface area contributed by atoms with Crippen LogP contribution in [0.3, 0.4) is 0 Å². The number of hydrogen-bond acceptors (Lipinski definition) is 5. The van der Waals surface area contributed by atoms with Crippen LogP contribution in [0.5, 0.6) is 0 Å². The van der Waals surface area contributed by atoms with Gasteiger partial charge in [-0.3, -0.25) is 14.4 Å². The molecule has 0 unspecified atom stereocenters. The summed E-state index contributed by atoms with van der Waals surface area (Å²) in [5.41, 5.74) is 3.68. The number of nitrogens with zero attached hydrogens (tertiary/aromatic N) is 1. The fraction of sp³-hybridized carbons (Fsp3) is 0.294. The Morgan fingerprint density at radius 2 is 2.12 bits per heavy atom. The molecule has 0 saturated carbocycles. The van der Waals surface area contributed by atoms with Gasteiger partial charge in [0.25, 0.3) is 0 Å². The van der Waals surface area contributed by atoms with Crippen LogP contribution < -0.4 is 16.0 Å². The molecule has 3 amide bonds. The molecule has 1 aromatic carbocycles. The predicted molar refractivity (Wildman–Crippen MR) is 96.6 cm³/mol. The maximum Gasteiger partial charge on any atom is 0.245 e. The second-order valence-corrected chi connectivity index (χ2v) is 7.01. The highest BCUT2D eigenvalue weighted by molar-refractivity contribution is 7.16. The topological polar surface area (TPSA) is 100 Å². The molecule has 8 heteroatoms. The van der Waals surface area contributed by atoms with Crippen LogP contribution >= 0.6 is 11.3 Å². The molecule has 3 N–H and O–H groups in total. The highest BCUT2D eigenvalue weighted by Gasteiger charge is 2.17. The zero-order valence-corrected chi connectivity index (χ0v) is 14.8. The van der Waals surface area contributed by atoms with E-state index >= 15 is 0 Å². The molecule has 0 bridgehead atoms. The Kier molecular flexibility index (Phi) is 4.80. The van der Waals surface area contributed by atoms with Crippen molar-refractivity contribution in [3.05, 3.63) is 28.6 Å². The van der Waals surface area contributed by atoms with Gasteiger partial charge in [0.2, 0.25) is 17.7 Å². The average molecular weight is 358 g/mol. The van der Waals surface area contributed by atoms with E-state index in [1.807, 2.05) is 25.1 Å². The number of aryl methyl sites for hydroxylation is 2. The minimum Gasteiger partial charge on any atom is -0.347 e. The van der Waals surface area contributed by atoms with E-state index in [2.05, 4.69) is 20.9 Å². The number of nitrogens with one attached hydrogen (secondary N) is 3. The van der Waals surface area contributed by atoms with Crippen molar-refractivity contribution in [3.8, 4) is 11.3 Å². The molecular weight excluding hydrogens is 340 g/mol. The lowest BCUT2D eigenvalue weighted by Gasteiger charge is -2.17. The monoisotopic (exact) mass is 358 g/mol. The number of benzene rings is 1. The first-order valence-corrected chi connectivity index (χ1v) is 8.69. The minimum absolute atomic E-state index is 0.0363. The van der Waals surface area contributed by atoms with E-state index in [9.17, 15) is 14.4 Å². The summed E-state index contributed by atoms with van der Waals surface area (Å²) in [6.07, 6.45) is 1.19. The molecule has 0 saturated heterocycles. The third kappa shape index (κ3) is 4.03. The van der Waals surface area contributed by atoms with E-state index in [4.69, 9.17) is 0 Å². The van der Waals surface area contributed by atoms with Crippen molar-refractivity contribution in [2.24, 2.45) is 0 Å². The Labute approximate surface area is 148 Å². The number of carbonyl (C=O) groups excluding carboxylic acids is 3. The van der Waals surface area contributed by atoms with Gasteiger partial charge >= 0.3 is 0 Å². The van der Waals surface area contributed by atoms with Crippen LogP contribution in [0, 0.1) is 6.92 Å². The van der Waals surface area contributed by atoms with Gasteiger partial charge in [-0.05, 0) is 31.0 Å². The lowest BCUT2D eigenvalue weighted by atomic mass is 9.99. The largest absolute Gasteiger partial charge is 0.347 e. The Morgan fingerprint density at radius 3 is 2.88 bits per heavy atom. The zero-order valence-electron chi connectivity index (χ0n) is 13.9. The molecule has 3 rings (SSSR count). The van der Waals surface area contributed by atoms with Gasteiger partial charge in [0.1, 0.15) is 0 Å². The van der Waals surface area contributed by atoms with E-state index in [0.717, 1.165) is 27.4 Å². The number of anilines is 2. The molecule has 1 aliphatic heterocycles. The second kappa shape index (κ2) is 7.02. The highest BCUT2D eigenvalue weighted by atomic mass is 32.1. The Hall–Kier alpha value is -2.74. The molecule has 0 atom stereocenters. The van der Waals surface area contributed by atoms with Crippen molar-refractivity contribution in [2.45, 2.75) is 26.7 Å². The summed E-state index contributed by atoms with van der Waals surface area (Å²) in [5, 5.41) is 8.49. The molecule has 2 heterocycles. The fourth-order valence-corrected chi connectivity index (χ4v) is 3.47. The van der Waals surface area contributed by atoms with Gasteiger partial charge in [0, 0.05) is 29.5 Å². The number of carbonyl (C=O) groups is 3. The minimum atomic E-state index is -0.316. The summed E-state index contributed by atoms with van der Waals surface area (Å²) in [5.74, 6) is -0.537. The predicted octanol–water partition coefficient (Wildman–Crippen LogP) is 2.08. The van der Waals surface area contributed by atoms with Crippen molar-refractivity contribution in [1.29, 1.82) is 0 Å². The van der Waals surface area contributed by atoms with Crippen molar-refractivity contribution >= 4 is 39.9 Å². The number of fused-ring (bicyclic) bond motifs is 1. The normalized spacial score (nSPS) is 13.0. The summed E-state index contributed by atoms with van der Waals surface area (Å²) in [6, 6.07) is 5.82. The van der Waals surface area contributed by atoms with Crippen LogP contribution in [0.15, 0.2) is 18.2 Å². The summed E-state index contributed by atoms with van der Waals surface area (Å²) < 4.78 is 0. The zero-order chi connectivity index (χ0) is 18.0. The molecule has 25 heavy (non-hydrogen) atoms. The van der Waals surface area contributed by atoms with Crippen LogP contribution in [0.2, 0.25) is 0 Å². The molecule has 1 aliphatic rings. The van der Waals surface area contributed by atoms with Crippen molar-refractivity contribution in [3.63, 3.8) is 0 Å². The van der Waals surface area contributed by atoms with Crippen molar-refractivity contribution in [2.75, 3.05) is 17.2 Å². The Morgan fingerprint density at radius 1 is 1.32 bits per heavy atom. The van der Waals surface area contributed by atoms with Crippen molar-refractivity contribution in [1.82, 2.24) is 10.3 Å². The first-order valence-electron chi connectivity index (χ1n) is 7.87. The third-order valence-corrected chi connectivity index (χ3v) is 4.70. The van der Waals surface area contributed by atoms with Crippen LogP contribution in [0.25, 0.3) is 11.3 Å². The summed E-state index contributed by atoms with van der Waals surface area (Å²) >= 11 is 1.38. The highest BCUT2D eigenvalue weighted by Crippen LogP contribution is 2.33. The fourth-order valence-electron chi connectivity index (χ4n) is 2.62. The average Bonchev–Trinajstić information content (AvgIpc) is 2.92. The number of rotatable bonds is 4. The lowest BCUT2D eigenvalue weighted by Crippen LogP contribution is -2.31. The molecule has 1 aromatic heterocycles. The van der Waals surface area contributed by atoms with E-state index in [-0.39, 0.29) is 24.3 Å². The summed E-state index contributed by atoms with van der Waals surface area (Å²) in [4.78, 5) is 39.6. The van der Waals surface area contributed by atoms with Gasteiger partial charge in [0.05, 0.1) is 12.2 Å². The first-order chi connectivity index (χ1) is 11.9. The van der Waals surface area contributed by atoms with Gasteiger partial charge in [-0.15, -0.1) is 11.3 Å². The van der Waals surface area contributed by atoms with Gasteiger partial charge in [0.15, 0.2) is 5.13 Å². The Balaban J connectivity index is 1.77. The van der Waals surface area contributed by atoms with E-state index in [1.165, 1.54) is 18.3 Å². The lowest BCUT2D eigenvalue weighted by molar-refractivity contribution is -0.122. The molecule has 7 nitrogen and oxygen atoms in total. The molecule has 0 fully saturated rings.